The van der Waals surface area contributed by atoms with Gasteiger partial charge in [0.25, 0.3) is 0 Å². The maximum absolute atomic E-state index is 5.73. The predicted octanol–water partition coefficient (Wildman–Crippen LogP) is 3.57. The third-order valence-corrected chi connectivity index (χ3v) is 4.02. The van der Waals surface area contributed by atoms with E-state index in [0.717, 1.165) is 42.3 Å². The number of hydrogen-bond acceptors (Lipinski definition) is 5. The Morgan fingerprint density at radius 1 is 0.862 bits per heavy atom. The van der Waals surface area contributed by atoms with Gasteiger partial charge in [-0.3, -0.25) is 4.99 Å². The van der Waals surface area contributed by atoms with Crippen LogP contribution in [0.4, 0.5) is 5.69 Å². The average Bonchev–Trinajstić information content (AvgIpc) is 2.76. The number of rotatable bonds is 12. The van der Waals surface area contributed by atoms with Crippen LogP contribution >= 0.6 is 0 Å². The van der Waals surface area contributed by atoms with Gasteiger partial charge in [0.2, 0.25) is 0 Å². The third-order valence-electron chi connectivity index (χ3n) is 4.02. The van der Waals surface area contributed by atoms with E-state index in [9.17, 15) is 0 Å². The zero-order valence-electron chi connectivity index (χ0n) is 17.4. The Morgan fingerprint density at radius 2 is 1.59 bits per heavy atom. The van der Waals surface area contributed by atoms with Crippen molar-refractivity contribution in [3.63, 3.8) is 0 Å². The fourth-order valence-corrected chi connectivity index (χ4v) is 2.51. The van der Waals surface area contributed by atoms with Crippen LogP contribution < -0.4 is 24.8 Å². The first-order valence-corrected chi connectivity index (χ1v) is 9.71. The van der Waals surface area contributed by atoms with E-state index >= 15 is 0 Å². The van der Waals surface area contributed by atoms with Crippen LogP contribution in [-0.4, -0.2) is 53.6 Å². The van der Waals surface area contributed by atoms with E-state index in [1.54, 1.807) is 21.3 Å². The van der Waals surface area contributed by atoms with E-state index in [2.05, 4.69) is 15.6 Å². The number of aliphatic imine (C=N–C) groups is 1. The van der Waals surface area contributed by atoms with Crippen molar-refractivity contribution >= 4 is 11.6 Å². The number of anilines is 1. The van der Waals surface area contributed by atoms with Gasteiger partial charge in [0.05, 0.1) is 20.3 Å². The molecule has 0 heterocycles. The quantitative estimate of drug-likeness (QED) is 0.322. The van der Waals surface area contributed by atoms with Crippen LogP contribution in [-0.2, 0) is 4.74 Å². The first kappa shape index (κ1) is 22.4. The average molecular weight is 402 g/mol. The van der Waals surface area contributed by atoms with Crippen molar-refractivity contribution in [3.8, 4) is 17.2 Å². The van der Waals surface area contributed by atoms with E-state index in [1.165, 1.54) is 0 Å². The molecule has 2 aromatic carbocycles. The highest BCUT2D eigenvalue weighted by Gasteiger charge is 2.02. The highest BCUT2D eigenvalue weighted by Crippen LogP contribution is 2.18. The summed E-state index contributed by atoms with van der Waals surface area (Å²) in [6.45, 7) is 2.67. The lowest BCUT2D eigenvalue weighted by molar-refractivity contribution is 0.172. The van der Waals surface area contributed by atoms with E-state index in [-0.39, 0.29) is 0 Å². The summed E-state index contributed by atoms with van der Waals surface area (Å²) in [5, 5.41) is 6.55. The van der Waals surface area contributed by atoms with Crippen LogP contribution in [0, 0.1) is 0 Å². The summed E-state index contributed by atoms with van der Waals surface area (Å²) in [5.74, 6) is 3.16. The van der Waals surface area contributed by atoms with Crippen molar-refractivity contribution in [2.45, 2.75) is 12.8 Å². The molecule has 0 aromatic heterocycles. The summed E-state index contributed by atoms with van der Waals surface area (Å²) in [6.07, 6.45) is 1.70. The van der Waals surface area contributed by atoms with Crippen molar-refractivity contribution in [1.82, 2.24) is 5.32 Å². The van der Waals surface area contributed by atoms with Crippen molar-refractivity contribution in [1.29, 1.82) is 0 Å². The highest BCUT2D eigenvalue weighted by molar-refractivity contribution is 5.93. The zero-order chi connectivity index (χ0) is 20.7. The maximum Gasteiger partial charge on any atom is 0.195 e. The van der Waals surface area contributed by atoms with Crippen LogP contribution in [0.3, 0.4) is 0 Å². The first-order chi connectivity index (χ1) is 14.2. The molecule has 2 aromatic rings. The summed E-state index contributed by atoms with van der Waals surface area (Å²) in [5.41, 5.74) is 0.914. The number of ether oxygens (including phenoxy) is 4. The molecule has 0 aliphatic carbocycles. The molecule has 0 amide bonds. The molecule has 2 rings (SSSR count). The molecular formula is C22H31N3O4. The zero-order valence-corrected chi connectivity index (χ0v) is 17.4. The van der Waals surface area contributed by atoms with Crippen LogP contribution in [0.2, 0.25) is 0 Å². The molecule has 0 aliphatic heterocycles. The highest BCUT2D eigenvalue weighted by atomic mass is 16.5. The Bertz CT molecular complexity index is 735. The molecule has 29 heavy (non-hydrogen) atoms. The summed E-state index contributed by atoms with van der Waals surface area (Å²) >= 11 is 0. The Balaban J connectivity index is 1.69. The second-order valence-electron chi connectivity index (χ2n) is 6.22. The summed E-state index contributed by atoms with van der Waals surface area (Å²) < 4.78 is 21.6. The minimum absolute atomic E-state index is 0.612. The van der Waals surface area contributed by atoms with Gasteiger partial charge in [-0.15, -0.1) is 0 Å². The monoisotopic (exact) mass is 401 g/mol. The first-order valence-electron chi connectivity index (χ1n) is 9.71. The molecular weight excluding hydrogens is 370 g/mol. The second kappa shape index (κ2) is 13.3. The Morgan fingerprint density at radius 3 is 2.31 bits per heavy atom. The van der Waals surface area contributed by atoms with Gasteiger partial charge in [-0.25, -0.2) is 0 Å². The minimum Gasteiger partial charge on any atom is -0.497 e. The summed E-state index contributed by atoms with van der Waals surface area (Å²) in [7, 11) is 5.08. The number of methoxy groups -OCH3 is 2. The molecule has 2 N–H and O–H groups in total. The van der Waals surface area contributed by atoms with Gasteiger partial charge >= 0.3 is 0 Å². The van der Waals surface area contributed by atoms with Crippen molar-refractivity contribution < 1.29 is 18.9 Å². The SMILES string of the molecule is CN=C(NCCCOc1ccc(OC)cc1)Nc1cccc(OCCCOC)c1. The van der Waals surface area contributed by atoms with Gasteiger partial charge in [0.15, 0.2) is 5.96 Å². The third kappa shape index (κ3) is 8.74. The smallest absolute Gasteiger partial charge is 0.195 e. The molecule has 7 nitrogen and oxygen atoms in total. The van der Waals surface area contributed by atoms with Crippen molar-refractivity contribution in [2.24, 2.45) is 4.99 Å². The normalized spacial score (nSPS) is 11.1. The lowest BCUT2D eigenvalue weighted by Gasteiger charge is -2.13. The number of benzene rings is 2. The van der Waals surface area contributed by atoms with Crippen molar-refractivity contribution in [2.75, 3.05) is 52.9 Å². The molecule has 0 spiro atoms. The molecule has 0 saturated carbocycles. The van der Waals surface area contributed by atoms with E-state index < -0.39 is 0 Å². The van der Waals surface area contributed by atoms with Gasteiger partial charge in [-0.05, 0) is 42.8 Å². The van der Waals surface area contributed by atoms with Crippen molar-refractivity contribution in [3.05, 3.63) is 48.5 Å². The van der Waals surface area contributed by atoms with Gasteiger partial charge in [-0.2, -0.15) is 0 Å². The lowest BCUT2D eigenvalue weighted by atomic mass is 10.3. The fraction of sp³-hybridized carbons (Fsp3) is 0.409. The van der Waals surface area contributed by atoms with Crippen LogP contribution in [0.1, 0.15) is 12.8 Å². The van der Waals surface area contributed by atoms with Gasteiger partial charge in [0.1, 0.15) is 17.2 Å². The predicted molar refractivity (Wildman–Crippen MR) is 117 cm³/mol. The summed E-state index contributed by atoms with van der Waals surface area (Å²) in [4.78, 5) is 4.26. The Hall–Kier alpha value is -2.93. The number of guanidine groups is 1. The van der Waals surface area contributed by atoms with E-state index in [4.69, 9.17) is 18.9 Å². The second-order valence-corrected chi connectivity index (χ2v) is 6.22. The summed E-state index contributed by atoms with van der Waals surface area (Å²) in [6, 6.07) is 15.4. The van der Waals surface area contributed by atoms with Crippen LogP contribution in [0.15, 0.2) is 53.5 Å². The minimum atomic E-state index is 0.612. The molecule has 158 valence electrons. The number of nitrogens with zero attached hydrogens (tertiary/aromatic N) is 1. The van der Waals surface area contributed by atoms with Gasteiger partial charge in [0, 0.05) is 45.5 Å². The Labute approximate surface area is 173 Å². The largest absolute Gasteiger partial charge is 0.497 e. The molecule has 0 radical (unpaired) electrons. The number of nitrogens with one attached hydrogen (secondary N) is 2. The molecule has 0 unspecified atom stereocenters. The molecule has 7 heteroatoms. The molecule has 0 atom stereocenters. The van der Waals surface area contributed by atoms with E-state index in [0.29, 0.717) is 25.8 Å². The molecule has 0 aliphatic rings. The number of hydrogen-bond donors (Lipinski definition) is 2. The van der Waals surface area contributed by atoms with Crippen LogP contribution in [0.5, 0.6) is 17.2 Å². The van der Waals surface area contributed by atoms with Gasteiger partial charge < -0.3 is 29.6 Å². The van der Waals surface area contributed by atoms with Gasteiger partial charge in [-0.1, -0.05) is 6.07 Å². The maximum atomic E-state index is 5.73. The van der Waals surface area contributed by atoms with E-state index in [1.807, 2.05) is 48.5 Å². The lowest BCUT2D eigenvalue weighted by Crippen LogP contribution is -2.32. The standard InChI is InChI=1S/C22H31N3O4/c1-23-22(24-13-5-15-28-20-11-9-19(27-3)10-12-20)25-18-7-4-8-21(17-18)29-16-6-14-26-2/h4,7-12,17H,5-6,13-16H2,1-3H3,(H2,23,24,25). The Kier molecular flexibility index (Phi) is 10.2. The fourth-order valence-electron chi connectivity index (χ4n) is 2.51. The topological polar surface area (TPSA) is 73.3 Å². The molecule has 0 fully saturated rings. The molecule has 0 saturated heterocycles. The molecule has 0 bridgehead atoms. The van der Waals surface area contributed by atoms with Crippen LogP contribution in [0.25, 0.3) is 0 Å².